The predicted octanol–water partition coefficient (Wildman–Crippen LogP) is 3.01. The minimum Gasteiger partial charge on any atom is -0.475 e. The summed E-state index contributed by atoms with van der Waals surface area (Å²) in [5.41, 5.74) is 1.58. The molecule has 0 radical (unpaired) electrons. The Balaban J connectivity index is 0.000000324. The fraction of sp³-hybridized carbons (Fsp3) is 0.684. The lowest BCUT2D eigenvalue weighted by Gasteiger charge is -2.35. The van der Waals surface area contributed by atoms with Crippen molar-refractivity contribution >= 4 is 23.3 Å². The molecule has 0 bridgehead atoms. The Bertz CT molecular complexity index is 725. The quantitative estimate of drug-likeness (QED) is 0.607. The summed E-state index contributed by atoms with van der Waals surface area (Å²) in [7, 11) is 0. The fourth-order valence-corrected chi connectivity index (χ4v) is 4.00. The van der Waals surface area contributed by atoms with E-state index in [0.29, 0.717) is 0 Å². The summed E-state index contributed by atoms with van der Waals surface area (Å²) < 4.78 is 63.5. The first-order valence-electron chi connectivity index (χ1n) is 10.1. The first-order valence-corrected chi connectivity index (χ1v) is 10.9. The van der Waals surface area contributed by atoms with Crippen LogP contribution in [0.3, 0.4) is 0 Å². The van der Waals surface area contributed by atoms with Crippen LogP contribution in [-0.2, 0) is 22.6 Å². The molecule has 1 saturated heterocycles. The lowest BCUT2D eigenvalue weighted by molar-refractivity contribution is -0.193. The molecule has 0 spiro atoms. The van der Waals surface area contributed by atoms with Gasteiger partial charge in [0.05, 0.1) is 0 Å². The Labute approximate surface area is 191 Å². The highest BCUT2D eigenvalue weighted by molar-refractivity contribution is 7.10. The van der Waals surface area contributed by atoms with Crippen molar-refractivity contribution in [3.63, 3.8) is 0 Å². The monoisotopic (exact) mass is 507 g/mol. The molecular weight excluding hydrogens is 480 g/mol. The summed E-state index contributed by atoms with van der Waals surface area (Å²) in [6.45, 7) is 13.4. The average Bonchev–Trinajstić information content (AvgIpc) is 3.20. The molecule has 1 aromatic rings. The highest BCUT2D eigenvalue weighted by Crippen LogP contribution is 2.23. The van der Waals surface area contributed by atoms with Crippen molar-refractivity contribution in [1.82, 2.24) is 14.7 Å². The van der Waals surface area contributed by atoms with Crippen molar-refractivity contribution in [2.24, 2.45) is 0 Å². The molecule has 14 heteroatoms. The van der Waals surface area contributed by atoms with Gasteiger partial charge in [-0.05, 0) is 30.0 Å². The van der Waals surface area contributed by atoms with Gasteiger partial charge in [0, 0.05) is 57.2 Å². The summed E-state index contributed by atoms with van der Waals surface area (Å²) in [6, 6.07) is 2.31. The van der Waals surface area contributed by atoms with E-state index in [2.05, 4.69) is 33.1 Å². The molecule has 2 aliphatic heterocycles. The average molecular weight is 507 g/mol. The first kappa shape index (κ1) is 29.1. The van der Waals surface area contributed by atoms with Crippen molar-refractivity contribution in [3.8, 4) is 0 Å². The van der Waals surface area contributed by atoms with E-state index in [1.807, 2.05) is 11.3 Å². The Hall–Kier alpha value is -1.90. The molecular formula is C19H27F6N3O4S. The predicted molar refractivity (Wildman–Crippen MR) is 109 cm³/mol. The van der Waals surface area contributed by atoms with E-state index in [0.717, 1.165) is 0 Å². The number of nitrogens with zero attached hydrogens (tertiary/aromatic N) is 3. The van der Waals surface area contributed by atoms with Gasteiger partial charge in [0.1, 0.15) is 0 Å². The Kier molecular flexibility index (Phi) is 11.6. The third kappa shape index (κ3) is 11.2. The van der Waals surface area contributed by atoms with Crippen molar-refractivity contribution in [3.05, 3.63) is 21.9 Å². The van der Waals surface area contributed by atoms with E-state index in [1.54, 1.807) is 10.4 Å². The Morgan fingerprint density at radius 1 is 0.879 bits per heavy atom. The maximum absolute atomic E-state index is 10.6. The molecule has 2 aliphatic rings. The second kappa shape index (κ2) is 13.1. The van der Waals surface area contributed by atoms with E-state index in [4.69, 9.17) is 19.8 Å². The largest absolute Gasteiger partial charge is 0.490 e. The highest BCUT2D eigenvalue weighted by Gasteiger charge is 2.38. The topological polar surface area (TPSA) is 84.3 Å². The van der Waals surface area contributed by atoms with Gasteiger partial charge in [-0.1, -0.05) is 6.92 Å². The number of likely N-dealkylation sites (N-methyl/N-ethyl adjacent to an activating group) is 1. The SMILES string of the molecule is CCN1CCN(CCN2CCc3sccc3C2)CC1.O=C(O)C(F)(F)F.O=C(O)C(F)(F)F. The third-order valence-corrected chi connectivity index (χ3v) is 6.04. The second-order valence-corrected chi connectivity index (χ2v) is 8.28. The van der Waals surface area contributed by atoms with Crippen LogP contribution in [0.15, 0.2) is 11.4 Å². The summed E-state index contributed by atoms with van der Waals surface area (Å²) >= 11 is 1.93. The van der Waals surface area contributed by atoms with E-state index in [-0.39, 0.29) is 0 Å². The number of piperazine rings is 1. The fourth-order valence-electron chi connectivity index (χ4n) is 3.11. The van der Waals surface area contributed by atoms with Gasteiger partial charge >= 0.3 is 24.3 Å². The highest BCUT2D eigenvalue weighted by atomic mass is 32.1. The van der Waals surface area contributed by atoms with Crippen LogP contribution in [0.2, 0.25) is 0 Å². The van der Waals surface area contributed by atoms with Gasteiger partial charge in [0.2, 0.25) is 0 Å². The lowest BCUT2D eigenvalue weighted by Crippen LogP contribution is -2.48. The number of carbonyl (C=O) groups is 2. The molecule has 3 rings (SSSR count). The molecule has 3 heterocycles. The number of rotatable bonds is 4. The maximum atomic E-state index is 10.6. The van der Waals surface area contributed by atoms with Crippen LogP contribution in [0, 0.1) is 0 Å². The van der Waals surface area contributed by atoms with Crippen LogP contribution < -0.4 is 0 Å². The third-order valence-electron chi connectivity index (χ3n) is 5.02. The summed E-state index contributed by atoms with van der Waals surface area (Å²) in [4.78, 5) is 27.2. The van der Waals surface area contributed by atoms with Crippen LogP contribution in [-0.4, -0.2) is 102 Å². The zero-order chi connectivity index (χ0) is 25.2. The van der Waals surface area contributed by atoms with Gasteiger partial charge in [0.25, 0.3) is 0 Å². The van der Waals surface area contributed by atoms with Crippen molar-refractivity contribution < 1.29 is 46.1 Å². The van der Waals surface area contributed by atoms with E-state index >= 15 is 0 Å². The van der Waals surface area contributed by atoms with E-state index < -0.39 is 24.3 Å². The smallest absolute Gasteiger partial charge is 0.475 e. The number of thiophene rings is 1. The summed E-state index contributed by atoms with van der Waals surface area (Å²) in [6.07, 6.45) is -8.91. The van der Waals surface area contributed by atoms with E-state index in [9.17, 15) is 26.3 Å². The van der Waals surface area contributed by atoms with Crippen LogP contribution in [0.4, 0.5) is 26.3 Å². The lowest BCUT2D eigenvalue weighted by atomic mass is 10.1. The molecule has 0 unspecified atom stereocenters. The molecule has 0 atom stereocenters. The zero-order valence-electron chi connectivity index (χ0n) is 18.0. The van der Waals surface area contributed by atoms with E-state index in [1.165, 1.54) is 65.3 Å². The molecule has 2 N–H and O–H groups in total. The minimum absolute atomic E-state index is 1.17. The minimum atomic E-state index is -5.08. The number of alkyl halides is 6. The first-order chi connectivity index (χ1) is 15.2. The number of carboxylic acid groups (broad SMARTS) is 2. The zero-order valence-corrected chi connectivity index (χ0v) is 18.8. The molecule has 7 nitrogen and oxygen atoms in total. The normalized spacial score (nSPS) is 17.8. The van der Waals surface area contributed by atoms with Crippen molar-refractivity contribution in [1.29, 1.82) is 0 Å². The molecule has 33 heavy (non-hydrogen) atoms. The molecule has 190 valence electrons. The van der Waals surface area contributed by atoms with Crippen molar-refractivity contribution in [2.45, 2.75) is 32.2 Å². The second-order valence-electron chi connectivity index (χ2n) is 7.28. The molecule has 1 aromatic heterocycles. The molecule has 0 aromatic carbocycles. The number of aliphatic carboxylic acids is 2. The summed E-state index contributed by atoms with van der Waals surface area (Å²) in [5.74, 6) is -5.51. The van der Waals surface area contributed by atoms with Gasteiger partial charge in [-0.25, -0.2) is 9.59 Å². The Morgan fingerprint density at radius 2 is 1.33 bits per heavy atom. The Morgan fingerprint density at radius 3 is 1.79 bits per heavy atom. The molecule has 0 aliphatic carbocycles. The number of hydrogen-bond donors (Lipinski definition) is 2. The maximum Gasteiger partial charge on any atom is 0.490 e. The van der Waals surface area contributed by atoms with Crippen molar-refractivity contribution in [2.75, 3.05) is 52.4 Å². The van der Waals surface area contributed by atoms with Gasteiger partial charge in [-0.15, -0.1) is 11.3 Å². The summed E-state index contributed by atoms with van der Waals surface area (Å²) in [5, 5.41) is 16.5. The van der Waals surface area contributed by atoms with Gasteiger partial charge in [-0.3, -0.25) is 9.80 Å². The van der Waals surface area contributed by atoms with Gasteiger partial charge < -0.3 is 15.1 Å². The standard InChI is InChI=1S/C15H25N3S.2C2HF3O2/c1-2-16-6-8-17(9-7-16)10-11-18-5-3-15-14(13-18)4-12-19-15;2*3-2(4,5)1(6)7/h4,12H,2-3,5-11,13H2,1H3;2*(H,6,7). The van der Waals surface area contributed by atoms with Crippen LogP contribution >= 0.6 is 11.3 Å². The van der Waals surface area contributed by atoms with Crippen LogP contribution in [0.1, 0.15) is 17.4 Å². The van der Waals surface area contributed by atoms with Gasteiger partial charge in [-0.2, -0.15) is 26.3 Å². The number of carboxylic acids is 2. The molecule has 1 fully saturated rings. The molecule has 0 saturated carbocycles. The number of fused-ring (bicyclic) bond motifs is 1. The number of hydrogen-bond acceptors (Lipinski definition) is 6. The molecule has 0 amide bonds. The number of halogens is 6. The van der Waals surface area contributed by atoms with Gasteiger partial charge in [0.15, 0.2) is 0 Å². The van der Waals surface area contributed by atoms with Crippen LogP contribution in [0.5, 0.6) is 0 Å². The van der Waals surface area contributed by atoms with Crippen LogP contribution in [0.25, 0.3) is 0 Å².